The first-order valence-corrected chi connectivity index (χ1v) is 6.95. The van der Waals surface area contributed by atoms with Crippen molar-refractivity contribution >= 4 is 0 Å². The molecule has 0 spiro atoms. The topological polar surface area (TPSA) is 15.3 Å². The summed E-state index contributed by atoms with van der Waals surface area (Å²) in [5.41, 5.74) is 0. The lowest BCUT2D eigenvalue weighted by Gasteiger charge is -2.32. The molecule has 1 N–H and O–H groups in total. The predicted octanol–water partition coefficient (Wildman–Crippen LogP) is 2.42. The third-order valence-corrected chi connectivity index (χ3v) is 4.14. The van der Waals surface area contributed by atoms with Crippen molar-refractivity contribution < 1.29 is 0 Å². The van der Waals surface area contributed by atoms with Gasteiger partial charge in [-0.1, -0.05) is 18.9 Å². The highest BCUT2D eigenvalue weighted by atomic mass is 15.1. The van der Waals surface area contributed by atoms with Crippen molar-refractivity contribution in [2.75, 3.05) is 26.2 Å². The van der Waals surface area contributed by atoms with E-state index in [2.05, 4.69) is 16.8 Å². The van der Waals surface area contributed by atoms with Crippen LogP contribution in [0.4, 0.5) is 0 Å². The minimum Gasteiger partial charge on any atom is -0.314 e. The van der Waals surface area contributed by atoms with Gasteiger partial charge in [-0.05, 0) is 51.2 Å². The lowest BCUT2D eigenvalue weighted by atomic mass is 10.0. The first-order valence-electron chi connectivity index (χ1n) is 6.95. The number of nitrogens with one attached hydrogen (secondary N) is 1. The van der Waals surface area contributed by atoms with E-state index in [9.17, 15) is 0 Å². The lowest BCUT2D eigenvalue weighted by molar-refractivity contribution is 0.211. The molecule has 0 aromatic heterocycles. The number of piperidine rings is 1. The highest BCUT2D eigenvalue weighted by molar-refractivity contribution is 4.82. The second kappa shape index (κ2) is 6.41. The number of hydrogen-bond donors (Lipinski definition) is 1. The fourth-order valence-electron chi connectivity index (χ4n) is 3.05. The van der Waals surface area contributed by atoms with E-state index in [-0.39, 0.29) is 0 Å². The van der Waals surface area contributed by atoms with Crippen molar-refractivity contribution in [3.8, 4) is 0 Å². The second-order valence-electron chi connectivity index (χ2n) is 5.42. The normalized spacial score (nSPS) is 25.0. The summed E-state index contributed by atoms with van der Waals surface area (Å²) in [5.74, 6) is 0.978. The molecule has 1 aliphatic heterocycles. The molecule has 0 bridgehead atoms. The van der Waals surface area contributed by atoms with Gasteiger partial charge in [0.05, 0.1) is 0 Å². The van der Waals surface area contributed by atoms with Gasteiger partial charge >= 0.3 is 0 Å². The zero-order valence-electron chi connectivity index (χ0n) is 10.5. The summed E-state index contributed by atoms with van der Waals surface area (Å²) in [4.78, 5) is 2.50. The Morgan fingerprint density at radius 3 is 2.44 bits per heavy atom. The molecule has 92 valence electrons. The summed E-state index contributed by atoms with van der Waals surface area (Å²) in [6, 6.07) is 0.779. The van der Waals surface area contributed by atoms with E-state index < -0.39 is 0 Å². The summed E-state index contributed by atoms with van der Waals surface area (Å²) in [6.07, 6.45) is 10.5. The van der Waals surface area contributed by atoms with Crippen LogP contribution in [0.15, 0.2) is 12.7 Å². The Morgan fingerprint density at radius 2 is 1.81 bits per heavy atom. The van der Waals surface area contributed by atoms with E-state index in [0.29, 0.717) is 0 Å². The maximum Gasteiger partial charge on any atom is 0.0160 e. The van der Waals surface area contributed by atoms with Crippen LogP contribution < -0.4 is 5.32 Å². The van der Waals surface area contributed by atoms with Crippen molar-refractivity contribution in [3.05, 3.63) is 12.7 Å². The Bertz CT molecular complexity index is 201. The van der Waals surface area contributed by atoms with Gasteiger partial charge in [0, 0.05) is 12.6 Å². The Hall–Kier alpha value is -0.340. The molecule has 1 aliphatic carbocycles. The molecular formula is C14H26N2. The third-order valence-electron chi connectivity index (χ3n) is 4.14. The van der Waals surface area contributed by atoms with Crippen LogP contribution in [-0.4, -0.2) is 37.1 Å². The van der Waals surface area contributed by atoms with Crippen molar-refractivity contribution in [2.45, 2.75) is 44.6 Å². The summed E-state index contributed by atoms with van der Waals surface area (Å²) in [7, 11) is 0. The number of nitrogens with zero attached hydrogens (tertiary/aromatic N) is 1. The van der Waals surface area contributed by atoms with Crippen LogP contribution in [-0.2, 0) is 0 Å². The van der Waals surface area contributed by atoms with Crippen LogP contribution in [0.3, 0.4) is 0 Å². The first-order chi connectivity index (χ1) is 7.88. The maximum absolute atomic E-state index is 3.81. The Kier molecular flexibility index (Phi) is 4.86. The van der Waals surface area contributed by atoms with Gasteiger partial charge in [0.1, 0.15) is 0 Å². The Balaban J connectivity index is 1.59. The third kappa shape index (κ3) is 3.60. The van der Waals surface area contributed by atoms with Gasteiger partial charge in [0.15, 0.2) is 0 Å². The van der Waals surface area contributed by atoms with Gasteiger partial charge < -0.3 is 5.32 Å². The summed E-state index contributed by atoms with van der Waals surface area (Å²) < 4.78 is 0. The van der Waals surface area contributed by atoms with Crippen molar-refractivity contribution in [3.63, 3.8) is 0 Å². The van der Waals surface area contributed by atoms with E-state index in [0.717, 1.165) is 18.5 Å². The quantitative estimate of drug-likeness (QED) is 0.719. The minimum absolute atomic E-state index is 0.779. The van der Waals surface area contributed by atoms with Gasteiger partial charge in [-0.25, -0.2) is 0 Å². The van der Waals surface area contributed by atoms with Gasteiger partial charge in [-0.3, -0.25) is 4.90 Å². The largest absolute Gasteiger partial charge is 0.314 e. The summed E-state index contributed by atoms with van der Waals surface area (Å²) in [5, 5.41) is 3.77. The summed E-state index contributed by atoms with van der Waals surface area (Å²) in [6.45, 7) is 8.63. The lowest BCUT2D eigenvalue weighted by Crippen LogP contribution is -2.43. The van der Waals surface area contributed by atoms with Crippen LogP contribution in [0.2, 0.25) is 0 Å². The van der Waals surface area contributed by atoms with Gasteiger partial charge in [0.25, 0.3) is 0 Å². The molecule has 1 saturated heterocycles. The first kappa shape index (κ1) is 12.1. The van der Waals surface area contributed by atoms with E-state index in [4.69, 9.17) is 0 Å². The minimum atomic E-state index is 0.779. The predicted molar refractivity (Wildman–Crippen MR) is 69.6 cm³/mol. The number of likely N-dealkylation sites (tertiary alicyclic amines) is 1. The van der Waals surface area contributed by atoms with Crippen LogP contribution in [0.5, 0.6) is 0 Å². The maximum atomic E-state index is 3.81. The highest BCUT2D eigenvalue weighted by Crippen LogP contribution is 2.24. The molecule has 2 rings (SSSR count). The molecule has 0 radical (unpaired) electrons. The molecule has 0 aromatic rings. The zero-order valence-corrected chi connectivity index (χ0v) is 10.5. The zero-order chi connectivity index (χ0) is 11.2. The molecule has 2 nitrogen and oxygen atoms in total. The Labute approximate surface area is 100 Å². The van der Waals surface area contributed by atoms with Crippen LogP contribution in [0.25, 0.3) is 0 Å². The van der Waals surface area contributed by atoms with E-state index in [1.165, 1.54) is 58.2 Å². The van der Waals surface area contributed by atoms with Gasteiger partial charge in [-0.15, -0.1) is 6.58 Å². The molecule has 16 heavy (non-hydrogen) atoms. The number of hydrogen-bond acceptors (Lipinski definition) is 2. The highest BCUT2D eigenvalue weighted by Gasteiger charge is 2.20. The monoisotopic (exact) mass is 222 g/mol. The molecule has 1 saturated carbocycles. The fourth-order valence-corrected chi connectivity index (χ4v) is 3.05. The molecule has 0 aromatic carbocycles. The van der Waals surface area contributed by atoms with E-state index in [1.54, 1.807) is 0 Å². The molecular weight excluding hydrogens is 196 g/mol. The van der Waals surface area contributed by atoms with E-state index >= 15 is 0 Å². The van der Waals surface area contributed by atoms with Gasteiger partial charge in [0.2, 0.25) is 0 Å². The molecule has 2 heteroatoms. The van der Waals surface area contributed by atoms with Gasteiger partial charge in [-0.2, -0.15) is 0 Å². The molecule has 0 amide bonds. The average Bonchev–Trinajstić information content (AvgIpc) is 2.82. The van der Waals surface area contributed by atoms with Crippen molar-refractivity contribution in [2.24, 2.45) is 5.92 Å². The fraction of sp³-hybridized carbons (Fsp3) is 0.857. The smallest absolute Gasteiger partial charge is 0.0160 e. The Morgan fingerprint density at radius 1 is 1.12 bits per heavy atom. The molecule has 0 unspecified atom stereocenters. The van der Waals surface area contributed by atoms with Crippen molar-refractivity contribution in [1.29, 1.82) is 0 Å². The SMILES string of the molecule is C=CCN1CCC(NCC2CCCC2)CC1. The van der Waals surface area contributed by atoms with Crippen molar-refractivity contribution in [1.82, 2.24) is 10.2 Å². The second-order valence-corrected chi connectivity index (χ2v) is 5.42. The summed E-state index contributed by atoms with van der Waals surface area (Å²) >= 11 is 0. The van der Waals surface area contributed by atoms with Crippen LogP contribution in [0.1, 0.15) is 38.5 Å². The standard InChI is InChI=1S/C14H26N2/c1-2-9-16-10-7-14(8-11-16)15-12-13-5-3-4-6-13/h2,13-15H,1,3-12H2. The molecule has 1 heterocycles. The average molecular weight is 222 g/mol. The molecule has 2 fully saturated rings. The van der Waals surface area contributed by atoms with E-state index in [1.807, 2.05) is 6.08 Å². The molecule has 2 aliphatic rings. The number of rotatable bonds is 5. The molecule has 0 atom stereocenters. The van der Waals surface area contributed by atoms with Crippen LogP contribution in [0, 0.1) is 5.92 Å². The van der Waals surface area contributed by atoms with Crippen LogP contribution >= 0.6 is 0 Å².